The molecule has 0 aliphatic rings. The van der Waals surface area contributed by atoms with Gasteiger partial charge in [0.25, 0.3) is 0 Å². The number of hydrogen-bond acceptors (Lipinski definition) is 6. The van der Waals surface area contributed by atoms with Crippen molar-refractivity contribution in [1.82, 2.24) is 19.7 Å². The topological polar surface area (TPSA) is 122 Å². The number of aromatic amines is 1. The summed E-state index contributed by atoms with van der Waals surface area (Å²) in [4.78, 5) is 15.3. The van der Waals surface area contributed by atoms with Crippen LogP contribution in [0.15, 0.2) is 38.5 Å². The number of nitrogens with one attached hydrogen (secondary N) is 1. The van der Waals surface area contributed by atoms with Crippen LogP contribution in [0.25, 0.3) is 0 Å². The third-order valence-corrected chi connectivity index (χ3v) is 3.25. The molecule has 0 aliphatic carbocycles. The minimum absolute atomic E-state index is 0.0499. The molecule has 18 heavy (non-hydrogen) atoms. The van der Waals surface area contributed by atoms with Crippen LogP contribution in [-0.2, 0) is 7.05 Å². The standard InChI is InChI=1S/C9H10N6O2S/c1-15-8(16)12-13-9(15)18-7-5(6(10)14-17)3-2-4-11-7/h2-4,17H,1H3,(H2,10,14)(H,12,16). The Labute approximate surface area is 106 Å². The number of amidine groups is 1. The van der Waals surface area contributed by atoms with Crippen LogP contribution in [0.1, 0.15) is 5.56 Å². The molecule has 2 rings (SSSR count). The lowest BCUT2D eigenvalue weighted by Crippen LogP contribution is -2.15. The van der Waals surface area contributed by atoms with Gasteiger partial charge in [-0.15, -0.1) is 5.10 Å². The Hall–Kier alpha value is -2.29. The van der Waals surface area contributed by atoms with Crippen LogP contribution in [0.2, 0.25) is 0 Å². The maximum absolute atomic E-state index is 11.2. The predicted molar refractivity (Wildman–Crippen MR) is 64.7 cm³/mol. The molecule has 0 aliphatic heterocycles. The van der Waals surface area contributed by atoms with E-state index >= 15 is 0 Å². The van der Waals surface area contributed by atoms with Crippen molar-refractivity contribution in [1.29, 1.82) is 0 Å². The molecule has 0 spiro atoms. The van der Waals surface area contributed by atoms with Crippen molar-refractivity contribution in [3.05, 3.63) is 34.4 Å². The molecule has 0 fully saturated rings. The van der Waals surface area contributed by atoms with Crippen molar-refractivity contribution in [3.63, 3.8) is 0 Å². The average Bonchev–Trinajstić information content (AvgIpc) is 2.70. The lowest BCUT2D eigenvalue weighted by atomic mass is 10.3. The molecule has 0 unspecified atom stereocenters. The fraction of sp³-hybridized carbons (Fsp3) is 0.111. The van der Waals surface area contributed by atoms with E-state index in [-0.39, 0.29) is 11.5 Å². The molecule has 2 aromatic rings. The average molecular weight is 266 g/mol. The summed E-state index contributed by atoms with van der Waals surface area (Å²) in [6.07, 6.45) is 1.57. The summed E-state index contributed by atoms with van der Waals surface area (Å²) in [6, 6.07) is 3.33. The highest BCUT2D eigenvalue weighted by Gasteiger charge is 2.13. The van der Waals surface area contributed by atoms with Gasteiger partial charge in [-0.3, -0.25) is 4.57 Å². The summed E-state index contributed by atoms with van der Waals surface area (Å²) in [5, 5.41) is 18.7. The van der Waals surface area contributed by atoms with Gasteiger partial charge in [0.2, 0.25) is 0 Å². The smallest absolute Gasteiger partial charge is 0.343 e. The number of oxime groups is 1. The van der Waals surface area contributed by atoms with Gasteiger partial charge in [0.05, 0.1) is 5.56 Å². The number of pyridine rings is 1. The van der Waals surface area contributed by atoms with Crippen LogP contribution in [0.4, 0.5) is 0 Å². The first kappa shape index (κ1) is 12.2. The maximum atomic E-state index is 11.2. The third kappa shape index (κ3) is 2.20. The summed E-state index contributed by atoms with van der Waals surface area (Å²) in [5.41, 5.74) is 5.69. The molecule has 0 radical (unpaired) electrons. The summed E-state index contributed by atoms with van der Waals surface area (Å²) >= 11 is 1.14. The molecule has 4 N–H and O–H groups in total. The molecule has 2 heterocycles. The first-order valence-electron chi connectivity index (χ1n) is 4.85. The van der Waals surface area contributed by atoms with Crippen LogP contribution in [0, 0.1) is 0 Å². The minimum Gasteiger partial charge on any atom is -0.409 e. The Bertz CT molecular complexity index is 647. The third-order valence-electron chi connectivity index (χ3n) is 2.18. The highest BCUT2D eigenvalue weighted by molar-refractivity contribution is 7.99. The quantitative estimate of drug-likeness (QED) is 0.305. The highest BCUT2D eigenvalue weighted by atomic mass is 32.2. The van der Waals surface area contributed by atoms with E-state index < -0.39 is 0 Å². The molecule has 0 bridgehead atoms. The van der Waals surface area contributed by atoms with Crippen molar-refractivity contribution in [3.8, 4) is 0 Å². The molecule has 94 valence electrons. The van der Waals surface area contributed by atoms with Gasteiger partial charge in [0, 0.05) is 13.2 Å². The first-order chi connectivity index (χ1) is 8.63. The van der Waals surface area contributed by atoms with Gasteiger partial charge in [-0.25, -0.2) is 14.9 Å². The Balaban J connectivity index is 2.41. The number of nitrogens with zero attached hydrogens (tertiary/aromatic N) is 4. The van der Waals surface area contributed by atoms with Crippen LogP contribution in [-0.4, -0.2) is 30.8 Å². The van der Waals surface area contributed by atoms with E-state index in [0.29, 0.717) is 15.7 Å². The van der Waals surface area contributed by atoms with Gasteiger partial charge in [0.1, 0.15) is 5.03 Å². The van der Waals surface area contributed by atoms with Gasteiger partial charge in [-0.2, -0.15) is 0 Å². The van der Waals surface area contributed by atoms with E-state index in [0.717, 1.165) is 11.8 Å². The summed E-state index contributed by atoms with van der Waals surface area (Å²) < 4.78 is 1.34. The summed E-state index contributed by atoms with van der Waals surface area (Å²) in [7, 11) is 1.58. The van der Waals surface area contributed by atoms with Gasteiger partial charge >= 0.3 is 5.69 Å². The van der Waals surface area contributed by atoms with E-state index in [2.05, 4.69) is 20.3 Å². The van der Waals surface area contributed by atoms with Crippen LogP contribution in [0.5, 0.6) is 0 Å². The van der Waals surface area contributed by atoms with E-state index in [9.17, 15) is 4.79 Å². The second-order valence-electron chi connectivity index (χ2n) is 3.31. The molecule has 0 atom stereocenters. The number of aromatic nitrogens is 4. The van der Waals surface area contributed by atoms with Gasteiger partial charge in [-0.1, -0.05) is 5.16 Å². The second-order valence-corrected chi connectivity index (χ2v) is 4.27. The molecule has 9 heteroatoms. The van der Waals surface area contributed by atoms with Crippen LogP contribution < -0.4 is 11.4 Å². The second kappa shape index (κ2) is 4.92. The molecule has 0 aromatic carbocycles. The number of rotatable bonds is 3. The summed E-state index contributed by atoms with van der Waals surface area (Å²) in [5.74, 6) is -0.0499. The Kier molecular flexibility index (Phi) is 3.33. The lowest BCUT2D eigenvalue weighted by molar-refractivity contribution is 0.318. The van der Waals surface area contributed by atoms with Gasteiger partial charge < -0.3 is 10.9 Å². The van der Waals surface area contributed by atoms with E-state index in [1.165, 1.54) is 4.57 Å². The number of hydrogen-bond donors (Lipinski definition) is 3. The molecule has 8 nitrogen and oxygen atoms in total. The first-order valence-corrected chi connectivity index (χ1v) is 5.67. The zero-order valence-electron chi connectivity index (χ0n) is 9.36. The molecule has 0 saturated carbocycles. The van der Waals surface area contributed by atoms with E-state index in [1.54, 1.807) is 25.4 Å². The fourth-order valence-corrected chi connectivity index (χ4v) is 2.11. The molecular weight excluding hydrogens is 256 g/mol. The largest absolute Gasteiger partial charge is 0.409 e. The van der Waals surface area contributed by atoms with Crippen LogP contribution in [0.3, 0.4) is 0 Å². The predicted octanol–water partition coefficient (Wildman–Crippen LogP) is -0.251. The van der Waals surface area contributed by atoms with E-state index in [4.69, 9.17) is 10.9 Å². The maximum Gasteiger partial charge on any atom is 0.343 e. The molecule has 0 saturated heterocycles. The SMILES string of the molecule is Cn1c(Sc2ncccc2C(N)=NO)n[nH]c1=O. The van der Waals surface area contributed by atoms with Crippen molar-refractivity contribution >= 4 is 17.6 Å². The molecular formula is C9H10N6O2S. The van der Waals surface area contributed by atoms with Gasteiger partial charge in [-0.05, 0) is 23.9 Å². The van der Waals surface area contributed by atoms with Crippen molar-refractivity contribution in [2.24, 2.45) is 17.9 Å². The van der Waals surface area contributed by atoms with Crippen molar-refractivity contribution < 1.29 is 5.21 Å². The lowest BCUT2D eigenvalue weighted by Gasteiger charge is -2.05. The Morgan fingerprint density at radius 2 is 2.44 bits per heavy atom. The summed E-state index contributed by atoms with van der Waals surface area (Å²) in [6.45, 7) is 0. The zero-order chi connectivity index (χ0) is 13.1. The molecule has 2 aromatic heterocycles. The minimum atomic E-state index is -0.321. The highest BCUT2D eigenvalue weighted by Crippen LogP contribution is 2.25. The van der Waals surface area contributed by atoms with Crippen molar-refractivity contribution in [2.45, 2.75) is 10.2 Å². The number of nitrogens with two attached hydrogens (primary N) is 1. The zero-order valence-corrected chi connectivity index (χ0v) is 10.2. The van der Waals surface area contributed by atoms with Gasteiger partial charge in [0.15, 0.2) is 11.0 Å². The molecule has 0 amide bonds. The fourth-order valence-electron chi connectivity index (χ4n) is 1.23. The van der Waals surface area contributed by atoms with E-state index in [1.807, 2.05) is 0 Å². The Morgan fingerprint density at radius 3 is 3.06 bits per heavy atom. The monoisotopic (exact) mass is 266 g/mol. The number of H-pyrrole nitrogens is 1. The van der Waals surface area contributed by atoms with Crippen LogP contribution >= 0.6 is 11.8 Å². The normalized spacial score (nSPS) is 11.7. The Morgan fingerprint density at radius 1 is 1.67 bits per heavy atom. The van der Waals surface area contributed by atoms with Crippen molar-refractivity contribution in [2.75, 3.05) is 0 Å².